The van der Waals surface area contributed by atoms with Crippen LogP contribution in [0.1, 0.15) is 42.6 Å². The second kappa shape index (κ2) is 17.6. The van der Waals surface area contributed by atoms with E-state index in [2.05, 4.69) is 31.5 Å². The molecule has 16 nitrogen and oxygen atoms in total. The van der Waals surface area contributed by atoms with E-state index < -0.39 is 23.8 Å². The molecule has 1 aromatic heterocycles. The second-order valence-electron chi connectivity index (χ2n) is 12.2. The third kappa shape index (κ3) is 9.53. The number of benzene rings is 3. The molecular formula is C36H42N8O8. The van der Waals surface area contributed by atoms with Gasteiger partial charge >= 0.3 is 0 Å². The highest BCUT2D eigenvalue weighted by atomic mass is 16.5. The molecular weight excluding hydrogens is 672 g/mol. The quantitative estimate of drug-likeness (QED) is 0.255. The fraction of sp³-hybridized carbons (Fsp3) is 0.361. The molecule has 0 fully saturated rings. The highest BCUT2D eigenvalue weighted by Crippen LogP contribution is 2.37. The molecule has 1 aliphatic rings. The largest absolute Gasteiger partial charge is 0.496 e. The number of methoxy groups -OCH3 is 2. The lowest BCUT2D eigenvalue weighted by atomic mass is 10.0. The van der Waals surface area contributed by atoms with Crippen molar-refractivity contribution in [2.45, 2.75) is 39.3 Å². The predicted octanol–water partition coefficient (Wildman–Crippen LogP) is 2.66. The normalized spacial score (nSPS) is 16.1. The zero-order chi connectivity index (χ0) is 37.0. The van der Waals surface area contributed by atoms with E-state index in [1.54, 1.807) is 60.7 Å². The Morgan fingerprint density at radius 2 is 1.75 bits per heavy atom. The standard InChI is InChI=1S/C36H42N8O8/c1-23(2)34-36(48)38-19-27-28(49-3)8-7-9-29(27)52-31-18-24(10-15-30(31)50-4)35(47)37-16-5-6-17-43(20-32(45)40-34)33(46)21-51-26-13-11-25(12-14-26)44-22-39-41-42-44/h7-15,18,22-23,34H,5-6,16-17,19-21H2,1-4H3,(H,37,47)(H,38,48)(H,40,45)/t34-/m1/s1. The third-order valence-electron chi connectivity index (χ3n) is 8.30. The van der Waals surface area contributed by atoms with Gasteiger partial charge in [-0.3, -0.25) is 19.2 Å². The molecule has 274 valence electrons. The number of hydrogen-bond acceptors (Lipinski definition) is 11. The van der Waals surface area contributed by atoms with Gasteiger partial charge in [0.2, 0.25) is 11.8 Å². The van der Waals surface area contributed by atoms with Crippen molar-refractivity contribution in [1.29, 1.82) is 0 Å². The van der Waals surface area contributed by atoms with Gasteiger partial charge in [0.25, 0.3) is 11.8 Å². The zero-order valence-corrected chi connectivity index (χ0v) is 29.5. The maximum Gasteiger partial charge on any atom is 0.260 e. The summed E-state index contributed by atoms with van der Waals surface area (Å²) in [6.45, 7) is 3.52. The minimum Gasteiger partial charge on any atom is -0.496 e. The first-order valence-corrected chi connectivity index (χ1v) is 16.8. The van der Waals surface area contributed by atoms with E-state index in [0.717, 1.165) is 0 Å². The van der Waals surface area contributed by atoms with Gasteiger partial charge in [-0.15, -0.1) is 5.10 Å². The predicted molar refractivity (Wildman–Crippen MR) is 187 cm³/mol. The number of tetrazole rings is 1. The number of rotatable bonds is 7. The fourth-order valence-electron chi connectivity index (χ4n) is 5.47. The molecule has 0 saturated carbocycles. The van der Waals surface area contributed by atoms with Crippen molar-refractivity contribution in [1.82, 2.24) is 41.1 Å². The van der Waals surface area contributed by atoms with Gasteiger partial charge in [-0.2, -0.15) is 0 Å². The molecule has 0 radical (unpaired) electrons. The first-order chi connectivity index (χ1) is 25.2. The van der Waals surface area contributed by atoms with E-state index in [4.69, 9.17) is 18.9 Å². The van der Waals surface area contributed by atoms with Gasteiger partial charge in [-0.1, -0.05) is 19.9 Å². The van der Waals surface area contributed by atoms with Crippen LogP contribution in [0.2, 0.25) is 0 Å². The van der Waals surface area contributed by atoms with E-state index in [9.17, 15) is 19.2 Å². The Morgan fingerprint density at radius 1 is 0.962 bits per heavy atom. The average molecular weight is 715 g/mol. The van der Waals surface area contributed by atoms with Crippen molar-refractivity contribution >= 4 is 23.6 Å². The van der Waals surface area contributed by atoms with Gasteiger partial charge in [0, 0.05) is 18.7 Å². The van der Waals surface area contributed by atoms with Crippen molar-refractivity contribution < 1.29 is 38.1 Å². The van der Waals surface area contributed by atoms with Crippen LogP contribution in [0.25, 0.3) is 5.69 Å². The minimum absolute atomic E-state index is 0.00157. The molecule has 0 spiro atoms. The SMILES string of the molecule is COc1ccc2cc1Oc1cccc(OC)c1CNC(=O)[C@@H](C(C)C)NC(=O)CN(C(=O)COc1ccc(-n3cnnn3)cc1)CCCCNC2=O. The van der Waals surface area contributed by atoms with Crippen molar-refractivity contribution in [2.24, 2.45) is 5.92 Å². The highest BCUT2D eigenvalue weighted by Gasteiger charge is 2.27. The number of ether oxygens (including phenoxy) is 4. The van der Waals surface area contributed by atoms with Crippen molar-refractivity contribution in [2.75, 3.05) is 40.5 Å². The van der Waals surface area contributed by atoms with Crippen LogP contribution in [0.15, 0.2) is 67.0 Å². The average Bonchev–Trinajstić information content (AvgIpc) is 3.69. The molecule has 1 aliphatic heterocycles. The van der Waals surface area contributed by atoms with Gasteiger partial charge in [-0.25, -0.2) is 4.68 Å². The second-order valence-corrected chi connectivity index (χ2v) is 12.2. The molecule has 0 aliphatic carbocycles. The van der Waals surface area contributed by atoms with Crippen LogP contribution in [-0.2, 0) is 20.9 Å². The lowest BCUT2D eigenvalue weighted by molar-refractivity contribution is -0.138. The van der Waals surface area contributed by atoms with Gasteiger partial charge in [-0.05, 0) is 83.8 Å². The van der Waals surface area contributed by atoms with Gasteiger partial charge in [0.1, 0.15) is 29.6 Å². The van der Waals surface area contributed by atoms with Crippen LogP contribution in [0.4, 0.5) is 0 Å². The van der Waals surface area contributed by atoms with E-state index in [1.807, 2.05) is 13.8 Å². The lowest BCUT2D eigenvalue weighted by Crippen LogP contribution is -2.52. The first kappa shape index (κ1) is 37.1. The zero-order valence-electron chi connectivity index (χ0n) is 29.5. The van der Waals surface area contributed by atoms with Crippen LogP contribution in [0.5, 0.6) is 28.7 Å². The molecule has 4 amide bonds. The first-order valence-electron chi connectivity index (χ1n) is 16.8. The molecule has 1 atom stereocenters. The number of carbonyl (C=O) groups excluding carboxylic acids is 4. The van der Waals surface area contributed by atoms with E-state index in [-0.39, 0.29) is 43.8 Å². The summed E-state index contributed by atoms with van der Waals surface area (Å²) in [4.78, 5) is 54.9. The van der Waals surface area contributed by atoms with Gasteiger partial charge in [0.05, 0.1) is 38.6 Å². The number of nitrogens with zero attached hydrogens (tertiary/aromatic N) is 5. The van der Waals surface area contributed by atoms with Crippen LogP contribution in [-0.4, -0.2) is 95.2 Å². The van der Waals surface area contributed by atoms with Crippen LogP contribution in [0.3, 0.4) is 0 Å². The minimum atomic E-state index is -0.906. The van der Waals surface area contributed by atoms with Crippen LogP contribution >= 0.6 is 0 Å². The van der Waals surface area contributed by atoms with Gasteiger partial charge < -0.3 is 39.8 Å². The summed E-state index contributed by atoms with van der Waals surface area (Å²) in [5, 5.41) is 19.7. The van der Waals surface area contributed by atoms with Crippen molar-refractivity contribution in [3.05, 3.63) is 78.1 Å². The number of amides is 4. The number of aromatic nitrogens is 4. The smallest absolute Gasteiger partial charge is 0.260 e. The Hall–Kier alpha value is -6.19. The Labute approximate surface area is 300 Å². The summed E-state index contributed by atoms with van der Waals surface area (Å²) in [5.41, 5.74) is 1.58. The highest BCUT2D eigenvalue weighted by molar-refractivity contribution is 5.95. The summed E-state index contributed by atoms with van der Waals surface area (Å²) in [5.74, 6) is -0.0292. The molecule has 2 heterocycles. The molecule has 0 saturated heterocycles. The van der Waals surface area contributed by atoms with Crippen LogP contribution in [0, 0.1) is 5.92 Å². The molecule has 4 aromatic rings. The lowest BCUT2D eigenvalue weighted by Gasteiger charge is -2.26. The monoisotopic (exact) mass is 714 g/mol. The topological polar surface area (TPSA) is 188 Å². The van der Waals surface area contributed by atoms with E-state index in [1.165, 1.54) is 30.1 Å². The van der Waals surface area contributed by atoms with Crippen molar-refractivity contribution in [3.63, 3.8) is 0 Å². The summed E-state index contributed by atoms with van der Waals surface area (Å²) >= 11 is 0. The van der Waals surface area contributed by atoms with E-state index >= 15 is 0 Å². The summed E-state index contributed by atoms with van der Waals surface area (Å²) in [6.07, 6.45) is 2.45. The third-order valence-corrected chi connectivity index (χ3v) is 8.30. The number of carbonyl (C=O) groups is 4. The summed E-state index contributed by atoms with van der Waals surface area (Å²) in [7, 11) is 3.00. The molecule has 0 unspecified atom stereocenters. The number of nitrogens with one attached hydrogen (secondary N) is 3. The molecule has 52 heavy (non-hydrogen) atoms. The fourth-order valence-corrected chi connectivity index (χ4v) is 5.47. The summed E-state index contributed by atoms with van der Waals surface area (Å²) in [6, 6.07) is 16.0. The number of hydrogen-bond donors (Lipinski definition) is 3. The summed E-state index contributed by atoms with van der Waals surface area (Å²) < 4.78 is 24.6. The Balaban J connectivity index is 1.35. The molecule has 3 aromatic carbocycles. The number of fused-ring (bicyclic) bond motifs is 3. The van der Waals surface area contributed by atoms with E-state index in [0.29, 0.717) is 59.2 Å². The molecule has 2 bridgehead atoms. The van der Waals surface area contributed by atoms with Crippen LogP contribution < -0.4 is 34.9 Å². The molecule has 3 N–H and O–H groups in total. The maximum atomic E-state index is 13.6. The Kier molecular flexibility index (Phi) is 12.6. The molecule has 5 rings (SSSR count). The van der Waals surface area contributed by atoms with Crippen molar-refractivity contribution in [3.8, 4) is 34.4 Å². The maximum absolute atomic E-state index is 13.6. The Bertz CT molecular complexity index is 1850. The van der Waals surface area contributed by atoms with Gasteiger partial charge in [0.15, 0.2) is 18.1 Å². The molecule has 16 heteroatoms. The Morgan fingerprint density at radius 3 is 2.46 bits per heavy atom.